The Morgan fingerprint density at radius 1 is 0.333 bits per heavy atom. The molecule has 2 aliphatic heterocycles. The maximum Gasteiger partial charge on any atom is 0.212 e. The van der Waals surface area contributed by atoms with Gasteiger partial charge in [-0.25, -0.2) is 60.7 Å². The zero-order valence-electron chi connectivity index (χ0n) is 14.5. The highest BCUT2D eigenvalue weighted by Gasteiger charge is 2.40. The highest BCUT2D eigenvalue weighted by atomic mass is 16.7. The molecule has 2 saturated heterocycles. The molecule has 2 rings (SSSR count). The van der Waals surface area contributed by atoms with Gasteiger partial charge in [0.2, 0.25) is 40.0 Å². The molecule has 0 unspecified atom stereocenters. The van der Waals surface area contributed by atoms with Crippen molar-refractivity contribution >= 4 is 0 Å². The van der Waals surface area contributed by atoms with Crippen LogP contribution in [0.15, 0.2) is 0 Å². The first-order valence-electron chi connectivity index (χ1n) is 7.19. The van der Waals surface area contributed by atoms with Gasteiger partial charge < -0.3 is 0 Å². The van der Waals surface area contributed by atoms with Crippen LogP contribution in [0.4, 0.5) is 0 Å². The molecule has 2 aliphatic rings. The Balaban J connectivity index is 0.000000300. The molecule has 0 aromatic rings. The largest absolute Gasteiger partial charge is 0.235 e. The fourth-order valence-corrected chi connectivity index (χ4v) is 2.02. The Morgan fingerprint density at radius 3 is 0.500 bits per heavy atom. The van der Waals surface area contributed by atoms with Crippen LogP contribution in [-0.2, 0) is 0 Å². The molecule has 168 valence electrons. The third-order valence-corrected chi connectivity index (χ3v) is 3.34. The van der Waals surface area contributed by atoms with Crippen molar-refractivity contribution in [3.05, 3.63) is 60.7 Å². The molecule has 0 atom stereocenters. The predicted octanol–water partition coefficient (Wildman–Crippen LogP) is -3.29. The summed E-state index contributed by atoms with van der Waals surface area (Å²) < 4.78 is 0. The number of hydrogen-bond donors (Lipinski definition) is 0. The molecule has 24 nitrogen and oxygen atoms in total. The van der Waals surface area contributed by atoms with Crippen molar-refractivity contribution in [1.82, 2.24) is 30.1 Å². The summed E-state index contributed by atoms with van der Waals surface area (Å²) in [6.45, 7) is -3.56. The molecule has 0 bridgehead atoms. The fourth-order valence-electron chi connectivity index (χ4n) is 2.02. The van der Waals surface area contributed by atoms with Gasteiger partial charge in [-0.1, -0.05) is 30.1 Å². The van der Waals surface area contributed by atoms with Crippen molar-refractivity contribution in [3.8, 4) is 0 Å². The predicted molar refractivity (Wildman–Crippen MR) is 82.2 cm³/mol. The lowest BCUT2D eigenvalue weighted by Gasteiger charge is -2.27. The smallest absolute Gasteiger partial charge is 0.212 e. The van der Waals surface area contributed by atoms with E-state index in [1.807, 2.05) is 0 Å². The molecule has 0 aromatic heterocycles. The number of hydrogen-bond acceptors (Lipinski definition) is 12. The van der Waals surface area contributed by atoms with Crippen LogP contribution in [0.5, 0.6) is 0 Å². The minimum Gasteiger partial charge on any atom is -0.235 e. The quantitative estimate of drug-likeness (QED) is 0.286. The zero-order valence-corrected chi connectivity index (χ0v) is 14.5. The summed E-state index contributed by atoms with van der Waals surface area (Å²) in [4.78, 5) is 61.9. The summed E-state index contributed by atoms with van der Waals surface area (Å²) in [5, 5.41) is 58.6. The highest BCUT2D eigenvalue weighted by Crippen LogP contribution is 2.08. The SMILES string of the molecule is O=[N+]([O-])N1CN([N+](=O)[O-])CN([N+](=O)[O-])C1.O=[N+]([O-])N1CN([N+](=O)[O-])CN([N+](=O)[O-])C1. The second-order valence-corrected chi connectivity index (χ2v) is 5.31. The van der Waals surface area contributed by atoms with E-state index in [4.69, 9.17) is 0 Å². The summed E-state index contributed by atoms with van der Waals surface area (Å²) >= 11 is 0. The van der Waals surface area contributed by atoms with Gasteiger partial charge in [0.1, 0.15) is 0 Å². The first kappa shape index (κ1) is 23.2. The first-order chi connectivity index (χ1) is 13.8. The average molecular weight is 444 g/mol. The average Bonchev–Trinajstić information content (AvgIpc) is 2.67. The van der Waals surface area contributed by atoms with Crippen molar-refractivity contribution in [2.45, 2.75) is 0 Å². The maximum atomic E-state index is 10.3. The van der Waals surface area contributed by atoms with E-state index in [0.717, 1.165) is 0 Å². The Hall–Kier alpha value is -4.80. The monoisotopic (exact) mass is 444 g/mol. The summed E-state index contributed by atoms with van der Waals surface area (Å²) in [5.41, 5.74) is 0. The summed E-state index contributed by atoms with van der Waals surface area (Å²) in [6, 6.07) is 0. The van der Waals surface area contributed by atoms with Crippen LogP contribution < -0.4 is 0 Å². The second-order valence-electron chi connectivity index (χ2n) is 5.31. The molecular weight excluding hydrogens is 432 g/mol. The summed E-state index contributed by atoms with van der Waals surface area (Å²) in [5.74, 6) is 0. The molecule has 0 radical (unpaired) electrons. The van der Waals surface area contributed by atoms with Crippen LogP contribution in [0.1, 0.15) is 0 Å². The number of nitro groups is 6. The van der Waals surface area contributed by atoms with Gasteiger partial charge in [0.05, 0.1) is 0 Å². The zero-order chi connectivity index (χ0) is 23.2. The summed E-state index contributed by atoms with van der Waals surface area (Å²) in [6.07, 6.45) is 0. The fraction of sp³-hybridized carbons (Fsp3) is 1.00. The lowest BCUT2D eigenvalue weighted by Crippen LogP contribution is -2.59. The molecule has 0 spiro atoms. The van der Waals surface area contributed by atoms with Crippen LogP contribution in [-0.4, -0.2) is 100 Å². The lowest BCUT2D eigenvalue weighted by atomic mass is 10.7. The van der Waals surface area contributed by atoms with Gasteiger partial charge in [-0.05, 0) is 0 Å². The van der Waals surface area contributed by atoms with E-state index in [-0.39, 0.29) is 0 Å². The molecular formula is C6H12N12O12. The number of hydrazine groups is 6. The molecule has 2 fully saturated rings. The van der Waals surface area contributed by atoms with Crippen molar-refractivity contribution in [2.75, 3.05) is 40.0 Å². The normalized spacial score (nSPS) is 16.4. The van der Waals surface area contributed by atoms with E-state index in [1.54, 1.807) is 0 Å². The lowest BCUT2D eigenvalue weighted by molar-refractivity contribution is -0.775. The van der Waals surface area contributed by atoms with Gasteiger partial charge in [0, 0.05) is 0 Å². The minimum absolute atomic E-state index is 0.370. The van der Waals surface area contributed by atoms with E-state index in [2.05, 4.69) is 0 Å². The maximum absolute atomic E-state index is 10.3. The van der Waals surface area contributed by atoms with Gasteiger partial charge in [0.25, 0.3) is 0 Å². The van der Waals surface area contributed by atoms with Crippen molar-refractivity contribution < 1.29 is 30.2 Å². The molecule has 24 heteroatoms. The first-order valence-corrected chi connectivity index (χ1v) is 7.19. The number of nitrogens with zero attached hydrogens (tertiary/aromatic N) is 12. The Bertz CT molecular complexity index is 563. The van der Waals surface area contributed by atoms with E-state index < -0.39 is 70.2 Å². The third kappa shape index (κ3) is 6.13. The Kier molecular flexibility index (Phi) is 7.29. The molecule has 0 amide bonds. The van der Waals surface area contributed by atoms with Gasteiger partial charge in [-0.2, -0.15) is 0 Å². The molecule has 0 N–H and O–H groups in total. The van der Waals surface area contributed by atoms with Crippen molar-refractivity contribution in [1.29, 1.82) is 0 Å². The van der Waals surface area contributed by atoms with E-state index in [1.165, 1.54) is 0 Å². The minimum atomic E-state index is -0.924. The van der Waals surface area contributed by atoms with Crippen LogP contribution in [0.2, 0.25) is 0 Å². The second kappa shape index (κ2) is 9.41. The molecule has 30 heavy (non-hydrogen) atoms. The van der Waals surface area contributed by atoms with Gasteiger partial charge >= 0.3 is 0 Å². The van der Waals surface area contributed by atoms with Crippen molar-refractivity contribution in [3.63, 3.8) is 0 Å². The molecule has 2 heterocycles. The molecule has 0 aliphatic carbocycles. The molecule has 0 saturated carbocycles. The van der Waals surface area contributed by atoms with Crippen LogP contribution in [0, 0.1) is 60.7 Å². The number of rotatable bonds is 6. The molecule has 0 aromatic carbocycles. The third-order valence-electron chi connectivity index (χ3n) is 3.34. The van der Waals surface area contributed by atoms with Crippen LogP contribution >= 0.6 is 0 Å². The van der Waals surface area contributed by atoms with Crippen LogP contribution in [0.25, 0.3) is 0 Å². The van der Waals surface area contributed by atoms with Crippen molar-refractivity contribution in [2.24, 2.45) is 0 Å². The van der Waals surface area contributed by atoms with Gasteiger partial charge in [0.15, 0.2) is 30.2 Å². The van der Waals surface area contributed by atoms with E-state index >= 15 is 0 Å². The Morgan fingerprint density at radius 2 is 0.433 bits per heavy atom. The van der Waals surface area contributed by atoms with E-state index in [0.29, 0.717) is 30.1 Å². The summed E-state index contributed by atoms with van der Waals surface area (Å²) in [7, 11) is 0. The topological polar surface area (TPSA) is 278 Å². The standard InChI is InChI=1S/2C3H6N6O6/c2*10-7(11)4-1-5(8(12)13)3-6(2-4)9(14)15/h2*1-3H2. The van der Waals surface area contributed by atoms with Crippen LogP contribution in [0.3, 0.4) is 0 Å². The van der Waals surface area contributed by atoms with Gasteiger partial charge in [-0.3, -0.25) is 0 Å². The Labute approximate surface area is 162 Å². The highest BCUT2D eigenvalue weighted by molar-refractivity contribution is 4.51. The van der Waals surface area contributed by atoms with E-state index in [9.17, 15) is 60.7 Å². The van der Waals surface area contributed by atoms with Gasteiger partial charge in [-0.15, -0.1) is 0 Å².